The Bertz CT molecular complexity index is 376. The summed E-state index contributed by atoms with van der Waals surface area (Å²) in [6, 6.07) is 6.34. The predicted octanol–water partition coefficient (Wildman–Crippen LogP) is 4.46. The second-order valence-corrected chi connectivity index (χ2v) is 6.72. The van der Waals surface area contributed by atoms with Crippen LogP contribution in [0.25, 0.3) is 0 Å². The molecule has 1 aliphatic rings. The Labute approximate surface area is 130 Å². The molecular weight excluding hydrogens is 256 g/mol. The molecule has 1 fully saturated rings. The van der Waals surface area contributed by atoms with Crippen molar-refractivity contribution in [1.29, 1.82) is 0 Å². The first kappa shape index (κ1) is 16.5. The standard InChI is InChI=1S/C19H32N2/c1-3-7-16-9-10-17(15-20-11-4-2)18(13-16)14-19-8-5-6-12-21-19/h5-6,8,12,16-18,20H,3-4,7,9-11,13-15H2,1-2H3. The summed E-state index contributed by atoms with van der Waals surface area (Å²) in [7, 11) is 0. The van der Waals surface area contributed by atoms with Gasteiger partial charge in [-0.3, -0.25) is 4.98 Å². The van der Waals surface area contributed by atoms with E-state index in [1.165, 1.54) is 57.2 Å². The molecule has 3 atom stereocenters. The van der Waals surface area contributed by atoms with Crippen LogP contribution in [-0.4, -0.2) is 18.1 Å². The Morgan fingerprint density at radius 2 is 2.05 bits per heavy atom. The molecule has 2 nitrogen and oxygen atoms in total. The van der Waals surface area contributed by atoms with E-state index in [4.69, 9.17) is 0 Å². The van der Waals surface area contributed by atoms with Gasteiger partial charge in [-0.1, -0.05) is 39.2 Å². The van der Waals surface area contributed by atoms with Crippen LogP contribution >= 0.6 is 0 Å². The topological polar surface area (TPSA) is 24.9 Å². The van der Waals surface area contributed by atoms with Gasteiger partial charge in [0.2, 0.25) is 0 Å². The summed E-state index contributed by atoms with van der Waals surface area (Å²) < 4.78 is 0. The van der Waals surface area contributed by atoms with Gasteiger partial charge in [-0.25, -0.2) is 0 Å². The number of aromatic nitrogens is 1. The lowest BCUT2D eigenvalue weighted by Gasteiger charge is -2.36. The Hall–Kier alpha value is -0.890. The van der Waals surface area contributed by atoms with Gasteiger partial charge in [0.05, 0.1) is 0 Å². The SMILES string of the molecule is CCCNCC1CCC(CCC)CC1Cc1ccccn1. The largest absolute Gasteiger partial charge is 0.316 e. The van der Waals surface area contributed by atoms with Gasteiger partial charge in [-0.05, 0) is 68.7 Å². The van der Waals surface area contributed by atoms with Crippen molar-refractivity contribution >= 4 is 0 Å². The van der Waals surface area contributed by atoms with Crippen molar-refractivity contribution in [3.8, 4) is 0 Å². The summed E-state index contributed by atoms with van der Waals surface area (Å²) in [5.74, 6) is 2.60. The van der Waals surface area contributed by atoms with Gasteiger partial charge in [0.15, 0.2) is 0 Å². The predicted molar refractivity (Wildman–Crippen MR) is 90.3 cm³/mol. The highest BCUT2D eigenvalue weighted by Crippen LogP contribution is 2.37. The maximum atomic E-state index is 4.55. The molecule has 0 saturated heterocycles. The van der Waals surface area contributed by atoms with Crippen LogP contribution in [0.15, 0.2) is 24.4 Å². The average molecular weight is 288 g/mol. The van der Waals surface area contributed by atoms with E-state index < -0.39 is 0 Å². The van der Waals surface area contributed by atoms with E-state index in [9.17, 15) is 0 Å². The molecule has 118 valence electrons. The van der Waals surface area contributed by atoms with Gasteiger partial charge in [0.25, 0.3) is 0 Å². The molecule has 3 unspecified atom stereocenters. The van der Waals surface area contributed by atoms with Gasteiger partial charge in [-0.15, -0.1) is 0 Å². The van der Waals surface area contributed by atoms with E-state index >= 15 is 0 Å². The lowest BCUT2D eigenvalue weighted by atomic mass is 9.71. The molecule has 2 heteroatoms. The minimum atomic E-state index is 0.814. The zero-order valence-corrected chi connectivity index (χ0v) is 13.9. The molecule has 0 aromatic carbocycles. The fraction of sp³-hybridized carbons (Fsp3) is 0.737. The van der Waals surface area contributed by atoms with Crippen LogP contribution in [0.1, 0.15) is 58.1 Å². The maximum absolute atomic E-state index is 4.55. The quantitative estimate of drug-likeness (QED) is 0.715. The fourth-order valence-electron chi connectivity index (χ4n) is 3.86. The molecule has 0 spiro atoms. The molecule has 0 amide bonds. The van der Waals surface area contributed by atoms with Crippen molar-refractivity contribution in [3.63, 3.8) is 0 Å². The van der Waals surface area contributed by atoms with Crippen molar-refractivity contribution in [2.24, 2.45) is 17.8 Å². The van der Waals surface area contributed by atoms with Gasteiger partial charge in [0.1, 0.15) is 0 Å². The fourth-order valence-corrected chi connectivity index (χ4v) is 3.86. The number of rotatable bonds is 8. The highest BCUT2D eigenvalue weighted by Gasteiger charge is 2.30. The summed E-state index contributed by atoms with van der Waals surface area (Å²) in [6.45, 7) is 6.93. The molecule has 1 heterocycles. The van der Waals surface area contributed by atoms with E-state index in [1.807, 2.05) is 12.3 Å². The Kier molecular flexibility index (Phi) is 7.21. The van der Waals surface area contributed by atoms with Crippen molar-refractivity contribution in [1.82, 2.24) is 10.3 Å². The molecule has 0 aliphatic heterocycles. The molecule has 1 aromatic heterocycles. The monoisotopic (exact) mass is 288 g/mol. The van der Waals surface area contributed by atoms with Crippen molar-refractivity contribution in [2.75, 3.05) is 13.1 Å². The minimum absolute atomic E-state index is 0.814. The molecule has 1 aromatic rings. The highest BCUT2D eigenvalue weighted by molar-refractivity contribution is 5.05. The van der Waals surface area contributed by atoms with Crippen LogP contribution in [0.4, 0.5) is 0 Å². The second kappa shape index (κ2) is 9.19. The molecule has 2 rings (SSSR count). The summed E-state index contributed by atoms with van der Waals surface area (Å²) in [4.78, 5) is 4.55. The third-order valence-corrected chi connectivity index (χ3v) is 4.98. The zero-order chi connectivity index (χ0) is 14.9. The van der Waals surface area contributed by atoms with Crippen LogP contribution < -0.4 is 5.32 Å². The van der Waals surface area contributed by atoms with Crippen LogP contribution in [0.5, 0.6) is 0 Å². The van der Waals surface area contributed by atoms with E-state index in [0.717, 1.165) is 24.3 Å². The third-order valence-electron chi connectivity index (χ3n) is 4.98. The van der Waals surface area contributed by atoms with E-state index in [-0.39, 0.29) is 0 Å². The molecule has 1 aliphatic carbocycles. The number of nitrogens with zero attached hydrogens (tertiary/aromatic N) is 1. The van der Waals surface area contributed by atoms with E-state index in [1.54, 1.807) is 0 Å². The van der Waals surface area contributed by atoms with Crippen molar-refractivity contribution < 1.29 is 0 Å². The first-order chi connectivity index (χ1) is 10.3. The average Bonchev–Trinajstić information content (AvgIpc) is 2.51. The molecule has 0 bridgehead atoms. The van der Waals surface area contributed by atoms with Gasteiger partial charge < -0.3 is 5.32 Å². The summed E-state index contributed by atoms with van der Waals surface area (Å²) in [6.07, 6.45) is 11.3. The molecule has 1 saturated carbocycles. The molecule has 1 N–H and O–H groups in total. The Balaban J connectivity index is 1.94. The first-order valence-corrected chi connectivity index (χ1v) is 8.94. The maximum Gasteiger partial charge on any atom is 0.0406 e. The van der Waals surface area contributed by atoms with Crippen molar-refractivity contribution in [2.45, 2.75) is 58.8 Å². The lowest BCUT2D eigenvalue weighted by molar-refractivity contribution is 0.167. The zero-order valence-electron chi connectivity index (χ0n) is 13.9. The van der Waals surface area contributed by atoms with Crippen LogP contribution in [0.3, 0.4) is 0 Å². The van der Waals surface area contributed by atoms with E-state index in [2.05, 4.69) is 36.3 Å². The Morgan fingerprint density at radius 1 is 1.14 bits per heavy atom. The molecule has 0 radical (unpaired) electrons. The number of hydrogen-bond donors (Lipinski definition) is 1. The van der Waals surface area contributed by atoms with Crippen molar-refractivity contribution in [3.05, 3.63) is 30.1 Å². The third kappa shape index (κ3) is 5.43. The minimum Gasteiger partial charge on any atom is -0.316 e. The number of nitrogens with one attached hydrogen (secondary N) is 1. The number of pyridine rings is 1. The van der Waals surface area contributed by atoms with Crippen LogP contribution in [0, 0.1) is 17.8 Å². The number of hydrogen-bond acceptors (Lipinski definition) is 2. The second-order valence-electron chi connectivity index (χ2n) is 6.72. The molecule has 21 heavy (non-hydrogen) atoms. The normalized spacial score (nSPS) is 25.9. The summed E-state index contributed by atoms with van der Waals surface area (Å²) in [5, 5.41) is 3.65. The molecular formula is C19H32N2. The van der Waals surface area contributed by atoms with Gasteiger partial charge in [-0.2, -0.15) is 0 Å². The Morgan fingerprint density at radius 3 is 2.76 bits per heavy atom. The van der Waals surface area contributed by atoms with E-state index in [0.29, 0.717) is 0 Å². The summed E-state index contributed by atoms with van der Waals surface area (Å²) in [5.41, 5.74) is 1.28. The van der Waals surface area contributed by atoms with Crippen LogP contribution in [0.2, 0.25) is 0 Å². The smallest absolute Gasteiger partial charge is 0.0406 e. The lowest BCUT2D eigenvalue weighted by Crippen LogP contribution is -2.34. The van der Waals surface area contributed by atoms with Gasteiger partial charge in [0, 0.05) is 11.9 Å². The summed E-state index contributed by atoms with van der Waals surface area (Å²) >= 11 is 0. The van der Waals surface area contributed by atoms with Gasteiger partial charge >= 0.3 is 0 Å². The highest BCUT2D eigenvalue weighted by atomic mass is 14.9. The van der Waals surface area contributed by atoms with Crippen LogP contribution in [-0.2, 0) is 6.42 Å². The first-order valence-electron chi connectivity index (χ1n) is 8.94.